The van der Waals surface area contributed by atoms with Gasteiger partial charge in [-0.2, -0.15) is 0 Å². The van der Waals surface area contributed by atoms with Crippen LogP contribution in [0, 0.1) is 0 Å². The van der Waals surface area contributed by atoms with Gasteiger partial charge in [0, 0.05) is 33.4 Å². The Morgan fingerprint density at radius 3 is 2.21 bits per heavy atom. The third-order valence-electron chi connectivity index (χ3n) is 3.26. The number of benzene rings is 2. The minimum absolute atomic E-state index is 0.150. The van der Waals surface area contributed by atoms with E-state index >= 15 is 0 Å². The molecule has 0 aliphatic carbocycles. The average molecular weight is 379 g/mol. The van der Waals surface area contributed by atoms with Gasteiger partial charge in [0.1, 0.15) is 4.88 Å². The number of anilines is 2. The van der Waals surface area contributed by atoms with E-state index < -0.39 is 0 Å². The number of fused-ring (bicyclic) bond motifs is 1. The molecule has 0 atom stereocenters. The zero-order valence-corrected chi connectivity index (χ0v) is 14.9. The SMILES string of the molecule is CC(=O)Nc1ccc(NC(=O)c2sc3cc(Cl)ccc3c2Cl)cc1. The van der Waals surface area contributed by atoms with Crippen molar-refractivity contribution in [1.82, 2.24) is 0 Å². The first kappa shape index (κ1) is 16.8. The van der Waals surface area contributed by atoms with Crippen molar-refractivity contribution in [2.75, 3.05) is 10.6 Å². The highest BCUT2D eigenvalue weighted by molar-refractivity contribution is 7.21. The Morgan fingerprint density at radius 1 is 0.958 bits per heavy atom. The molecule has 0 spiro atoms. The molecular formula is C17H12Cl2N2O2S. The van der Waals surface area contributed by atoms with Crippen molar-refractivity contribution in [3.8, 4) is 0 Å². The highest BCUT2D eigenvalue weighted by Gasteiger charge is 2.17. The molecule has 3 aromatic rings. The molecule has 0 aliphatic rings. The summed E-state index contributed by atoms with van der Waals surface area (Å²) in [6, 6.07) is 12.2. The van der Waals surface area contributed by atoms with Crippen LogP contribution in [0.15, 0.2) is 42.5 Å². The Balaban J connectivity index is 1.82. The van der Waals surface area contributed by atoms with E-state index in [1.54, 1.807) is 42.5 Å². The Kier molecular flexibility index (Phi) is 4.76. The predicted octanol–water partition coefficient (Wildman–Crippen LogP) is 5.42. The third kappa shape index (κ3) is 3.53. The number of carbonyl (C=O) groups is 2. The van der Waals surface area contributed by atoms with Crippen LogP contribution in [0.2, 0.25) is 10.0 Å². The predicted molar refractivity (Wildman–Crippen MR) is 101 cm³/mol. The van der Waals surface area contributed by atoms with Crippen molar-refractivity contribution < 1.29 is 9.59 Å². The zero-order chi connectivity index (χ0) is 17.3. The lowest BCUT2D eigenvalue weighted by atomic mass is 10.2. The minimum atomic E-state index is -0.287. The Labute approximate surface area is 152 Å². The number of carbonyl (C=O) groups excluding carboxylic acids is 2. The minimum Gasteiger partial charge on any atom is -0.326 e. The smallest absolute Gasteiger partial charge is 0.267 e. The van der Waals surface area contributed by atoms with E-state index in [2.05, 4.69) is 10.6 Å². The van der Waals surface area contributed by atoms with Crippen LogP contribution >= 0.6 is 34.5 Å². The third-order valence-corrected chi connectivity index (χ3v) is 5.15. The van der Waals surface area contributed by atoms with Crippen LogP contribution in [0.25, 0.3) is 10.1 Å². The number of hydrogen-bond acceptors (Lipinski definition) is 3. The number of halogens is 2. The van der Waals surface area contributed by atoms with E-state index in [1.165, 1.54) is 18.3 Å². The summed E-state index contributed by atoms with van der Waals surface area (Å²) in [5.74, 6) is -0.438. The molecule has 2 aromatic carbocycles. The molecule has 2 amide bonds. The molecular weight excluding hydrogens is 367 g/mol. The Hall–Kier alpha value is -2.08. The summed E-state index contributed by atoms with van der Waals surface area (Å²) >= 11 is 13.6. The van der Waals surface area contributed by atoms with E-state index in [4.69, 9.17) is 23.2 Å². The van der Waals surface area contributed by atoms with E-state index in [9.17, 15) is 9.59 Å². The molecule has 0 bridgehead atoms. The topological polar surface area (TPSA) is 58.2 Å². The maximum absolute atomic E-state index is 12.5. The van der Waals surface area contributed by atoms with Gasteiger partial charge < -0.3 is 10.6 Å². The molecule has 1 heterocycles. The highest BCUT2D eigenvalue weighted by Crippen LogP contribution is 2.37. The largest absolute Gasteiger partial charge is 0.326 e. The second-order valence-corrected chi connectivity index (χ2v) is 6.96. The van der Waals surface area contributed by atoms with Crippen LogP contribution in [-0.2, 0) is 4.79 Å². The lowest BCUT2D eigenvalue weighted by Gasteiger charge is -2.06. The molecule has 0 saturated heterocycles. The molecule has 1 aromatic heterocycles. The van der Waals surface area contributed by atoms with Crippen molar-refractivity contribution in [3.63, 3.8) is 0 Å². The van der Waals surface area contributed by atoms with Crippen molar-refractivity contribution in [1.29, 1.82) is 0 Å². The van der Waals surface area contributed by atoms with Crippen molar-refractivity contribution >= 4 is 67.8 Å². The molecule has 2 N–H and O–H groups in total. The molecule has 0 unspecified atom stereocenters. The number of hydrogen-bond donors (Lipinski definition) is 2. The maximum Gasteiger partial charge on any atom is 0.267 e. The van der Waals surface area contributed by atoms with Crippen molar-refractivity contribution in [2.45, 2.75) is 6.92 Å². The van der Waals surface area contributed by atoms with Crippen molar-refractivity contribution in [2.24, 2.45) is 0 Å². The second kappa shape index (κ2) is 6.81. The number of rotatable bonds is 3. The van der Waals surface area contributed by atoms with Gasteiger partial charge in [0.05, 0.1) is 5.02 Å². The highest BCUT2D eigenvalue weighted by atomic mass is 35.5. The fourth-order valence-corrected chi connectivity index (χ4v) is 3.90. The van der Waals surface area contributed by atoms with Gasteiger partial charge in [0.25, 0.3) is 5.91 Å². The van der Waals surface area contributed by atoms with Crippen LogP contribution in [0.5, 0.6) is 0 Å². The molecule has 4 nitrogen and oxygen atoms in total. The van der Waals surface area contributed by atoms with Gasteiger partial charge in [-0.3, -0.25) is 9.59 Å². The van der Waals surface area contributed by atoms with Gasteiger partial charge in [-0.1, -0.05) is 29.3 Å². The fourth-order valence-electron chi connectivity index (χ4n) is 2.21. The molecule has 122 valence electrons. The quantitative estimate of drug-likeness (QED) is 0.639. The molecule has 7 heteroatoms. The van der Waals surface area contributed by atoms with Gasteiger partial charge in [0.15, 0.2) is 0 Å². The number of thiophene rings is 1. The van der Waals surface area contributed by atoms with Crippen LogP contribution in [-0.4, -0.2) is 11.8 Å². The fraction of sp³-hybridized carbons (Fsp3) is 0.0588. The van der Waals surface area contributed by atoms with E-state index in [0.29, 0.717) is 26.3 Å². The summed E-state index contributed by atoms with van der Waals surface area (Å²) in [6.45, 7) is 1.44. The lowest BCUT2D eigenvalue weighted by Crippen LogP contribution is -2.11. The number of amides is 2. The summed E-state index contributed by atoms with van der Waals surface area (Å²) < 4.78 is 0.860. The summed E-state index contributed by atoms with van der Waals surface area (Å²) in [6.07, 6.45) is 0. The second-order valence-electron chi connectivity index (χ2n) is 5.10. The summed E-state index contributed by atoms with van der Waals surface area (Å²) in [7, 11) is 0. The van der Waals surface area contributed by atoms with E-state index in [1.807, 2.05) is 0 Å². The molecule has 0 fully saturated rings. The van der Waals surface area contributed by atoms with Gasteiger partial charge >= 0.3 is 0 Å². The molecule has 0 radical (unpaired) electrons. The number of nitrogens with one attached hydrogen (secondary N) is 2. The van der Waals surface area contributed by atoms with E-state index in [0.717, 1.165) is 10.1 Å². The normalized spacial score (nSPS) is 10.6. The first-order valence-electron chi connectivity index (χ1n) is 7.00. The maximum atomic E-state index is 12.5. The Bertz CT molecular complexity index is 936. The standard InChI is InChI=1S/C17H12Cl2N2O2S/c1-9(22)20-11-3-5-12(6-4-11)21-17(23)16-15(19)13-7-2-10(18)8-14(13)24-16/h2-8H,1H3,(H,20,22)(H,21,23). The lowest BCUT2D eigenvalue weighted by molar-refractivity contribution is -0.114. The molecule has 3 rings (SSSR count). The average Bonchev–Trinajstić information content (AvgIpc) is 2.85. The van der Waals surface area contributed by atoms with Gasteiger partial charge in [-0.25, -0.2) is 0 Å². The molecule has 0 aliphatic heterocycles. The van der Waals surface area contributed by atoms with Crippen LogP contribution in [0.1, 0.15) is 16.6 Å². The molecule has 0 saturated carbocycles. The molecule has 24 heavy (non-hydrogen) atoms. The van der Waals surface area contributed by atoms with Crippen LogP contribution in [0.3, 0.4) is 0 Å². The van der Waals surface area contributed by atoms with Gasteiger partial charge in [-0.15, -0.1) is 11.3 Å². The van der Waals surface area contributed by atoms with Crippen molar-refractivity contribution in [3.05, 3.63) is 57.4 Å². The van der Waals surface area contributed by atoms with E-state index in [-0.39, 0.29) is 11.8 Å². The first-order chi connectivity index (χ1) is 11.4. The van der Waals surface area contributed by atoms with Gasteiger partial charge in [0.2, 0.25) is 5.91 Å². The summed E-state index contributed by atoms with van der Waals surface area (Å²) in [5.41, 5.74) is 1.27. The van der Waals surface area contributed by atoms with Crippen LogP contribution < -0.4 is 10.6 Å². The zero-order valence-electron chi connectivity index (χ0n) is 12.5. The Morgan fingerprint density at radius 2 is 1.58 bits per heavy atom. The first-order valence-corrected chi connectivity index (χ1v) is 8.58. The van der Waals surface area contributed by atoms with Gasteiger partial charge in [-0.05, 0) is 36.4 Å². The summed E-state index contributed by atoms with van der Waals surface area (Å²) in [5, 5.41) is 7.28. The van der Waals surface area contributed by atoms with Crippen LogP contribution in [0.4, 0.5) is 11.4 Å². The monoisotopic (exact) mass is 378 g/mol. The summed E-state index contributed by atoms with van der Waals surface area (Å²) in [4.78, 5) is 23.9.